The number of rotatable bonds is 4. The number of hydrogen-bond acceptors (Lipinski definition) is 4. The molecule has 0 aliphatic carbocycles. The highest BCUT2D eigenvalue weighted by Gasteiger charge is 2.22. The lowest BCUT2D eigenvalue weighted by atomic mass is 10.2. The van der Waals surface area contributed by atoms with Gasteiger partial charge in [0.2, 0.25) is 9.84 Å². The summed E-state index contributed by atoms with van der Waals surface area (Å²) in [5, 5.41) is 0.198. The molecule has 118 valence electrons. The number of benzene rings is 2. The molecule has 1 aromatic heterocycles. The largest absolute Gasteiger partial charge is 0.428 e. The van der Waals surface area contributed by atoms with Gasteiger partial charge in [-0.15, -0.1) is 0 Å². The molecule has 3 rings (SSSR count). The minimum absolute atomic E-state index is 0.312. The van der Waals surface area contributed by atoms with Crippen molar-refractivity contribution in [2.45, 2.75) is 11.0 Å². The summed E-state index contributed by atoms with van der Waals surface area (Å²) in [6.07, 6.45) is 1.35. The summed E-state index contributed by atoms with van der Waals surface area (Å²) in [5.74, 6) is -0.403. The minimum Gasteiger partial charge on any atom is -0.428 e. The lowest BCUT2D eigenvalue weighted by molar-refractivity contribution is 0.439. The molecular formula is C16H11ClFNO3S. The van der Waals surface area contributed by atoms with Crippen molar-refractivity contribution in [3.05, 3.63) is 71.1 Å². The normalized spacial score (nSPS) is 11.6. The van der Waals surface area contributed by atoms with Gasteiger partial charge in [0.15, 0.2) is 5.76 Å². The van der Waals surface area contributed by atoms with Crippen LogP contribution in [0.4, 0.5) is 4.39 Å². The van der Waals surface area contributed by atoms with E-state index < -0.39 is 15.7 Å². The number of halogens is 2. The molecule has 0 fully saturated rings. The first-order valence-electron chi connectivity index (χ1n) is 6.63. The van der Waals surface area contributed by atoms with Crippen molar-refractivity contribution in [2.75, 3.05) is 0 Å². The Morgan fingerprint density at radius 2 is 1.70 bits per heavy atom. The highest BCUT2D eigenvalue weighted by Crippen LogP contribution is 2.25. The molecule has 0 atom stereocenters. The SMILES string of the molecule is O=S(=O)(Cc1ccc(F)cc1)c1ncc(-c2ccc(Cl)cc2)o1. The van der Waals surface area contributed by atoms with Crippen LogP contribution in [0.1, 0.15) is 5.56 Å². The molecule has 0 amide bonds. The van der Waals surface area contributed by atoms with Crippen molar-refractivity contribution in [1.82, 2.24) is 4.98 Å². The zero-order valence-corrected chi connectivity index (χ0v) is 13.3. The molecule has 1 heterocycles. The summed E-state index contributed by atoms with van der Waals surface area (Å²) in [4.78, 5) is 3.84. The number of oxazole rings is 1. The maximum Gasteiger partial charge on any atom is 0.315 e. The lowest BCUT2D eigenvalue weighted by Gasteiger charge is -2.01. The highest BCUT2D eigenvalue weighted by atomic mass is 35.5. The Kier molecular flexibility index (Phi) is 4.19. The molecule has 0 aliphatic heterocycles. The fourth-order valence-corrected chi connectivity index (χ4v) is 3.32. The summed E-state index contributed by atoms with van der Waals surface area (Å²) in [7, 11) is -3.75. The monoisotopic (exact) mass is 351 g/mol. The molecule has 0 bridgehead atoms. The molecule has 3 aromatic rings. The van der Waals surface area contributed by atoms with Gasteiger partial charge in [-0.2, -0.15) is 0 Å². The van der Waals surface area contributed by atoms with Crippen molar-refractivity contribution in [3.63, 3.8) is 0 Å². The molecular weight excluding hydrogens is 341 g/mol. The summed E-state index contributed by atoms with van der Waals surface area (Å²) in [5.41, 5.74) is 1.13. The van der Waals surface area contributed by atoms with E-state index in [1.807, 2.05) is 0 Å². The average molecular weight is 352 g/mol. The molecule has 7 heteroatoms. The molecule has 0 unspecified atom stereocenters. The molecule has 0 saturated carbocycles. The van der Waals surface area contributed by atoms with Crippen molar-refractivity contribution in [2.24, 2.45) is 0 Å². The van der Waals surface area contributed by atoms with Crippen LogP contribution in [0.3, 0.4) is 0 Å². The zero-order chi connectivity index (χ0) is 16.4. The fraction of sp³-hybridized carbons (Fsp3) is 0.0625. The lowest BCUT2D eigenvalue weighted by Crippen LogP contribution is -2.05. The van der Waals surface area contributed by atoms with E-state index in [0.29, 0.717) is 21.9 Å². The van der Waals surface area contributed by atoms with Gasteiger partial charge < -0.3 is 4.42 Å². The Morgan fingerprint density at radius 1 is 1.04 bits per heavy atom. The molecule has 0 spiro atoms. The predicted molar refractivity (Wildman–Crippen MR) is 84.2 cm³/mol. The van der Waals surface area contributed by atoms with E-state index in [9.17, 15) is 12.8 Å². The van der Waals surface area contributed by atoms with Gasteiger partial charge in [0.25, 0.3) is 0 Å². The van der Waals surface area contributed by atoms with E-state index in [-0.39, 0.29) is 11.0 Å². The Bertz CT molecular complexity index is 919. The van der Waals surface area contributed by atoms with Crippen LogP contribution in [0.25, 0.3) is 11.3 Å². The first-order chi connectivity index (χ1) is 10.9. The number of aromatic nitrogens is 1. The van der Waals surface area contributed by atoms with Gasteiger partial charge in [0, 0.05) is 10.6 Å². The van der Waals surface area contributed by atoms with Crippen molar-refractivity contribution < 1.29 is 17.2 Å². The standard InChI is InChI=1S/C16H11ClFNO3S/c17-13-5-3-12(4-6-13)15-9-19-16(22-15)23(20,21)10-11-1-7-14(18)8-2-11/h1-9H,10H2. The van der Waals surface area contributed by atoms with Crippen LogP contribution in [0.15, 0.2) is 64.4 Å². The smallest absolute Gasteiger partial charge is 0.315 e. The third-order valence-electron chi connectivity index (χ3n) is 3.15. The zero-order valence-electron chi connectivity index (χ0n) is 11.7. The van der Waals surface area contributed by atoms with E-state index in [1.54, 1.807) is 24.3 Å². The van der Waals surface area contributed by atoms with E-state index in [2.05, 4.69) is 4.98 Å². The Labute approximate surface area is 137 Å². The molecule has 0 radical (unpaired) electrons. The number of sulfone groups is 1. The van der Waals surface area contributed by atoms with Crippen LogP contribution in [-0.2, 0) is 15.6 Å². The Morgan fingerprint density at radius 3 is 2.35 bits per heavy atom. The minimum atomic E-state index is -3.75. The molecule has 2 aromatic carbocycles. The number of nitrogens with zero attached hydrogens (tertiary/aromatic N) is 1. The Balaban J connectivity index is 1.86. The second-order valence-electron chi connectivity index (χ2n) is 4.88. The van der Waals surface area contributed by atoms with Crippen LogP contribution in [0.2, 0.25) is 5.02 Å². The van der Waals surface area contributed by atoms with Crippen molar-refractivity contribution in [1.29, 1.82) is 0 Å². The summed E-state index contributed by atoms with van der Waals surface area (Å²) >= 11 is 5.81. The highest BCUT2D eigenvalue weighted by molar-refractivity contribution is 7.90. The molecule has 4 nitrogen and oxygen atoms in total. The van der Waals surface area contributed by atoms with Gasteiger partial charge in [0.05, 0.1) is 11.9 Å². The summed E-state index contributed by atoms with van der Waals surface area (Å²) in [6, 6.07) is 12.0. The van der Waals surface area contributed by atoms with E-state index in [0.717, 1.165) is 0 Å². The average Bonchev–Trinajstić information content (AvgIpc) is 3.01. The summed E-state index contributed by atoms with van der Waals surface area (Å²) in [6.45, 7) is 0. The summed E-state index contributed by atoms with van der Waals surface area (Å²) < 4.78 is 42.9. The van der Waals surface area contributed by atoms with Crippen LogP contribution < -0.4 is 0 Å². The number of hydrogen-bond donors (Lipinski definition) is 0. The molecule has 0 N–H and O–H groups in total. The third kappa shape index (κ3) is 3.60. The molecule has 0 saturated heterocycles. The second-order valence-corrected chi connectivity index (χ2v) is 7.19. The fourth-order valence-electron chi connectivity index (χ4n) is 2.01. The van der Waals surface area contributed by atoms with Crippen molar-refractivity contribution >= 4 is 21.4 Å². The quantitative estimate of drug-likeness (QED) is 0.709. The first-order valence-corrected chi connectivity index (χ1v) is 8.66. The van der Waals surface area contributed by atoms with Crippen LogP contribution in [-0.4, -0.2) is 13.4 Å². The molecule has 0 aliphatic rings. The van der Waals surface area contributed by atoms with Crippen LogP contribution >= 0.6 is 11.6 Å². The predicted octanol–water partition coefficient (Wildman–Crippen LogP) is 4.11. The van der Waals surface area contributed by atoms with E-state index in [4.69, 9.17) is 16.0 Å². The van der Waals surface area contributed by atoms with Gasteiger partial charge in [-0.25, -0.2) is 17.8 Å². The van der Waals surface area contributed by atoms with Crippen molar-refractivity contribution in [3.8, 4) is 11.3 Å². The van der Waals surface area contributed by atoms with Gasteiger partial charge in [-0.3, -0.25) is 0 Å². The van der Waals surface area contributed by atoms with Gasteiger partial charge in [0.1, 0.15) is 5.82 Å². The van der Waals surface area contributed by atoms with Crippen LogP contribution in [0, 0.1) is 5.82 Å². The first kappa shape index (κ1) is 15.7. The third-order valence-corrected chi connectivity index (χ3v) is 4.84. The van der Waals surface area contributed by atoms with E-state index in [1.165, 1.54) is 30.5 Å². The van der Waals surface area contributed by atoms with Gasteiger partial charge >= 0.3 is 5.22 Å². The van der Waals surface area contributed by atoms with Gasteiger partial charge in [-0.05, 0) is 42.0 Å². The topological polar surface area (TPSA) is 60.2 Å². The molecule has 23 heavy (non-hydrogen) atoms. The maximum atomic E-state index is 12.9. The van der Waals surface area contributed by atoms with Gasteiger partial charge in [-0.1, -0.05) is 23.7 Å². The van der Waals surface area contributed by atoms with Crippen LogP contribution in [0.5, 0.6) is 0 Å². The Hall–Kier alpha value is -2.18. The van der Waals surface area contributed by atoms with E-state index >= 15 is 0 Å². The maximum absolute atomic E-state index is 12.9. The second kappa shape index (κ2) is 6.14.